The molecule has 1 heterocycles. The van der Waals surface area contributed by atoms with E-state index in [1.165, 1.54) is 23.5 Å². The lowest BCUT2D eigenvalue weighted by molar-refractivity contribution is -0.384. The van der Waals surface area contributed by atoms with Gasteiger partial charge in [0.05, 0.1) is 29.7 Å². The zero-order valence-corrected chi connectivity index (χ0v) is 17.0. The van der Waals surface area contributed by atoms with Gasteiger partial charge in [0.2, 0.25) is 5.91 Å². The molecule has 0 aliphatic carbocycles. The van der Waals surface area contributed by atoms with Gasteiger partial charge in [-0.2, -0.15) is 0 Å². The van der Waals surface area contributed by atoms with Crippen LogP contribution in [0.1, 0.15) is 22.9 Å². The number of aromatic nitrogens is 1. The molecule has 0 aliphatic rings. The van der Waals surface area contributed by atoms with Gasteiger partial charge < -0.3 is 15.7 Å². The summed E-state index contributed by atoms with van der Waals surface area (Å²) in [7, 11) is 0. The topological polar surface area (TPSA) is 123 Å². The van der Waals surface area contributed by atoms with Crippen LogP contribution in [0.4, 0.5) is 10.8 Å². The summed E-state index contributed by atoms with van der Waals surface area (Å²) in [5.74, 6) is -0.169. The van der Waals surface area contributed by atoms with Crippen molar-refractivity contribution >= 4 is 28.1 Å². The summed E-state index contributed by atoms with van der Waals surface area (Å²) in [5.41, 5.74) is 7.86. The number of hydrogen-bond donors (Lipinski definition) is 2. The van der Waals surface area contributed by atoms with E-state index in [1.54, 1.807) is 22.4 Å². The first-order valence-corrected chi connectivity index (χ1v) is 10.2. The smallest absolute Gasteiger partial charge is 0.269 e. The number of carbonyl (C=O) groups excluding carboxylic acids is 1. The molecule has 1 aromatic heterocycles. The standard InChI is InChI=1S/C21H22N4O4S/c22-21-23-17(14-30-21)12-20(27)24(13-19(26)16-4-2-1-3-5-16)11-10-15-6-8-18(9-7-15)25(28)29/h1-9,14,19,26H,10-13H2,(H2,22,23)/t19-/m0/s1. The minimum atomic E-state index is -0.826. The second-order valence-electron chi connectivity index (χ2n) is 6.79. The van der Waals surface area contributed by atoms with E-state index in [0.29, 0.717) is 23.8 Å². The van der Waals surface area contributed by atoms with Crippen LogP contribution in [0, 0.1) is 10.1 Å². The third-order valence-corrected chi connectivity index (χ3v) is 5.37. The number of benzene rings is 2. The number of non-ortho nitro benzene ring substituents is 1. The second-order valence-corrected chi connectivity index (χ2v) is 7.68. The molecule has 0 unspecified atom stereocenters. The van der Waals surface area contributed by atoms with E-state index >= 15 is 0 Å². The van der Waals surface area contributed by atoms with Crippen molar-refractivity contribution in [3.05, 3.63) is 86.9 Å². The maximum Gasteiger partial charge on any atom is 0.269 e. The molecule has 0 aliphatic heterocycles. The molecule has 0 radical (unpaired) electrons. The van der Waals surface area contributed by atoms with Gasteiger partial charge in [-0.05, 0) is 17.5 Å². The monoisotopic (exact) mass is 426 g/mol. The van der Waals surface area contributed by atoms with Crippen molar-refractivity contribution in [3.8, 4) is 0 Å². The predicted octanol–water partition coefficient (Wildman–Crippen LogP) is 2.98. The van der Waals surface area contributed by atoms with E-state index in [2.05, 4.69) is 4.98 Å². The minimum Gasteiger partial charge on any atom is -0.387 e. The Morgan fingerprint density at radius 3 is 2.50 bits per heavy atom. The number of nitrogen functional groups attached to an aromatic ring is 1. The third-order valence-electron chi connectivity index (χ3n) is 4.65. The van der Waals surface area contributed by atoms with Crippen LogP contribution in [-0.4, -0.2) is 38.9 Å². The number of carbonyl (C=O) groups is 1. The van der Waals surface area contributed by atoms with E-state index in [0.717, 1.165) is 11.1 Å². The number of anilines is 1. The first-order valence-electron chi connectivity index (χ1n) is 9.36. The van der Waals surface area contributed by atoms with Crippen molar-refractivity contribution in [2.45, 2.75) is 18.9 Å². The fraction of sp³-hybridized carbons (Fsp3) is 0.238. The number of aliphatic hydroxyl groups excluding tert-OH is 1. The van der Waals surface area contributed by atoms with Crippen LogP contribution in [-0.2, 0) is 17.6 Å². The molecular weight excluding hydrogens is 404 g/mol. The van der Waals surface area contributed by atoms with Gasteiger partial charge in [-0.15, -0.1) is 11.3 Å². The summed E-state index contributed by atoms with van der Waals surface area (Å²) >= 11 is 1.27. The molecule has 8 nitrogen and oxygen atoms in total. The van der Waals surface area contributed by atoms with Crippen molar-refractivity contribution in [2.75, 3.05) is 18.8 Å². The van der Waals surface area contributed by atoms with Crippen molar-refractivity contribution in [2.24, 2.45) is 0 Å². The average molecular weight is 426 g/mol. The lowest BCUT2D eigenvalue weighted by Gasteiger charge is -2.25. The fourth-order valence-electron chi connectivity index (χ4n) is 3.03. The Morgan fingerprint density at radius 2 is 1.90 bits per heavy atom. The normalized spacial score (nSPS) is 11.8. The molecule has 0 fully saturated rings. The number of nitro groups is 1. The molecule has 3 rings (SSSR count). The van der Waals surface area contributed by atoms with E-state index < -0.39 is 11.0 Å². The molecule has 156 valence electrons. The van der Waals surface area contributed by atoms with Crippen LogP contribution in [0.25, 0.3) is 0 Å². The van der Waals surface area contributed by atoms with Gasteiger partial charge in [0, 0.05) is 24.1 Å². The summed E-state index contributed by atoms with van der Waals surface area (Å²) in [6.45, 7) is 0.496. The van der Waals surface area contributed by atoms with Gasteiger partial charge in [-0.3, -0.25) is 14.9 Å². The number of aliphatic hydroxyl groups is 1. The SMILES string of the molecule is Nc1nc(CC(=O)N(CCc2ccc([N+](=O)[O-])cc2)C[C@H](O)c2ccccc2)cs1. The zero-order chi connectivity index (χ0) is 21.5. The van der Waals surface area contributed by atoms with Gasteiger partial charge in [0.15, 0.2) is 5.13 Å². The first-order chi connectivity index (χ1) is 14.4. The van der Waals surface area contributed by atoms with Crippen LogP contribution < -0.4 is 5.73 Å². The van der Waals surface area contributed by atoms with Gasteiger partial charge in [0.1, 0.15) is 0 Å². The molecule has 0 saturated heterocycles. The lowest BCUT2D eigenvalue weighted by Crippen LogP contribution is -2.37. The van der Waals surface area contributed by atoms with Crippen molar-refractivity contribution < 1.29 is 14.8 Å². The molecule has 0 spiro atoms. The average Bonchev–Trinajstić information content (AvgIpc) is 3.16. The van der Waals surface area contributed by atoms with Crippen LogP contribution >= 0.6 is 11.3 Å². The van der Waals surface area contributed by atoms with Crippen LogP contribution in [0.3, 0.4) is 0 Å². The van der Waals surface area contributed by atoms with Crippen LogP contribution in [0.2, 0.25) is 0 Å². The van der Waals surface area contributed by atoms with Gasteiger partial charge in [-0.1, -0.05) is 42.5 Å². The molecule has 3 N–H and O–H groups in total. The van der Waals surface area contributed by atoms with Gasteiger partial charge in [0.25, 0.3) is 5.69 Å². The Hall–Kier alpha value is -3.30. The minimum absolute atomic E-state index is 0.0207. The molecule has 2 aromatic carbocycles. The molecule has 30 heavy (non-hydrogen) atoms. The molecule has 0 saturated carbocycles. The van der Waals surface area contributed by atoms with E-state index in [9.17, 15) is 20.0 Å². The van der Waals surface area contributed by atoms with Crippen molar-refractivity contribution in [1.82, 2.24) is 9.88 Å². The Kier molecular flexibility index (Phi) is 7.10. The van der Waals surface area contributed by atoms with Crippen molar-refractivity contribution in [1.29, 1.82) is 0 Å². The summed E-state index contributed by atoms with van der Waals surface area (Å²) in [6, 6.07) is 15.4. The number of nitrogens with zero attached hydrogens (tertiary/aromatic N) is 3. The maximum atomic E-state index is 12.9. The Balaban J connectivity index is 1.70. The number of amides is 1. The summed E-state index contributed by atoms with van der Waals surface area (Å²) < 4.78 is 0. The highest BCUT2D eigenvalue weighted by molar-refractivity contribution is 7.13. The highest BCUT2D eigenvalue weighted by Gasteiger charge is 2.20. The Morgan fingerprint density at radius 1 is 1.20 bits per heavy atom. The van der Waals surface area contributed by atoms with E-state index in [-0.39, 0.29) is 24.6 Å². The number of nitro benzene ring substituents is 1. The number of nitrogens with two attached hydrogens (primary N) is 1. The molecule has 1 atom stereocenters. The van der Waals surface area contributed by atoms with E-state index in [1.807, 2.05) is 30.3 Å². The zero-order valence-electron chi connectivity index (χ0n) is 16.2. The van der Waals surface area contributed by atoms with Crippen molar-refractivity contribution in [3.63, 3.8) is 0 Å². The number of thiazole rings is 1. The third kappa shape index (κ3) is 5.85. The molecular formula is C21H22N4O4S. The first kappa shape index (κ1) is 21.4. The maximum absolute atomic E-state index is 12.9. The number of hydrogen-bond acceptors (Lipinski definition) is 7. The van der Waals surface area contributed by atoms with Crippen LogP contribution in [0.5, 0.6) is 0 Å². The van der Waals surface area contributed by atoms with Gasteiger partial charge >= 0.3 is 0 Å². The fourth-order valence-corrected chi connectivity index (χ4v) is 3.59. The molecule has 3 aromatic rings. The van der Waals surface area contributed by atoms with Crippen LogP contribution in [0.15, 0.2) is 60.0 Å². The highest BCUT2D eigenvalue weighted by Crippen LogP contribution is 2.18. The number of rotatable bonds is 9. The Bertz CT molecular complexity index is 992. The summed E-state index contributed by atoms with van der Waals surface area (Å²) in [6.07, 6.45) is -0.229. The molecule has 9 heteroatoms. The largest absolute Gasteiger partial charge is 0.387 e. The molecule has 1 amide bonds. The predicted molar refractivity (Wildman–Crippen MR) is 115 cm³/mol. The summed E-state index contributed by atoms with van der Waals surface area (Å²) in [5, 5.41) is 23.6. The Labute approximate surface area is 177 Å². The lowest BCUT2D eigenvalue weighted by atomic mass is 10.1. The van der Waals surface area contributed by atoms with E-state index in [4.69, 9.17) is 5.73 Å². The van der Waals surface area contributed by atoms with Gasteiger partial charge in [-0.25, -0.2) is 4.98 Å². The second kappa shape index (κ2) is 9.95. The highest BCUT2D eigenvalue weighted by atomic mass is 32.1. The quantitative estimate of drug-likeness (QED) is 0.401. The summed E-state index contributed by atoms with van der Waals surface area (Å²) in [4.78, 5) is 29.0. The molecule has 0 bridgehead atoms.